The lowest BCUT2D eigenvalue weighted by molar-refractivity contribution is -0.116. The van der Waals surface area contributed by atoms with E-state index in [0.29, 0.717) is 17.7 Å². The molecule has 2 aromatic carbocycles. The van der Waals surface area contributed by atoms with Crippen molar-refractivity contribution in [2.24, 2.45) is 0 Å². The minimum absolute atomic E-state index is 0.0363. The van der Waals surface area contributed by atoms with E-state index >= 15 is 0 Å². The molecule has 106 valence electrons. The Hall–Kier alpha value is -2.60. The van der Waals surface area contributed by atoms with Gasteiger partial charge in [-0.25, -0.2) is 0 Å². The van der Waals surface area contributed by atoms with Gasteiger partial charge in [-0.2, -0.15) is 5.26 Å². The number of nitrogens with one attached hydrogen (secondary N) is 1. The first-order valence-electron chi connectivity index (χ1n) is 7.12. The van der Waals surface area contributed by atoms with Crippen LogP contribution >= 0.6 is 0 Å². The largest absolute Gasteiger partial charge is 0.325 e. The summed E-state index contributed by atoms with van der Waals surface area (Å²) in [4.78, 5) is 11.9. The molecule has 3 nitrogen and oxygen atoms in total. The number of hydrogen-bond acceptors (Lipinski definition) is 2. The maximum absolute atomic E-state index is 11.9. The van der Waals surface area contributed by atoms with E-state index in [-0.39, 0.29) is 5.91 Å². The maximum atomic E-state index is 11.9. The standard InChI is InChI=1S/C18H18N2O/c19-14-16-11-5-6-12-17(16)20-18(21)13-7-4-10-15-8-2-1-3-9-15/h1-3,5-6,8-9,11-12H,4,7,10,13H2,(H,20,21). The molecule has 0 bridgehead atoms. The van der Waals surface area contributed by atoms with Crippen LogP contribution in [0, 0.1) is 11.3 Å². The molecule has 0 fully saturated rings. The zero-order valence-corrected chi connectivity index (χ0v) is 11.9. The number of hydrogen-bond donors (Lipinski definition) is 1. The number of nitrogens with zero attached hydrogens (tertiary/aromatic N) is 1. The van der Waals surface area contributed by atoms with Gasteiger partial charge in [0.15, 0.2) is 0 Å². The Morgan fingerprint density at radius 2 is 1.71 bits per heavy atom. The molecular weight excluding hydrogens is 260 g/mol. The number of aryl methyl sites for hydroxylation is 1. The summed E-state index contributed by atoms with van der Waals surface area (Å²) >= 11 is 0. The van der Waals surface area contributed by atoms with Crippen LogP contribution in [0.15, 0.2) is 54.6 Å². The van der Waals surface area contributed by atoms with Crippen molar-refractivity contribution in [3.8, 4) is 6.07 Å². The monoisotopic (exact) mass is 278 g/mol. The fraction of sp³-hybridized carbons (Fsp3) is 0.222. The van der Waals surface area contributed by atoms with Crippen molar-refractivity contribution in [1.82, 2.24) is 0 Å². The van der Waals surface area contributed by atoms with Crippen molar-refractivity contribution in [2.75, 3.05) is 5.32 Å². The number of para-hydroxylation sites is 1. The third-order valence-electron chi connectivity index (χ3n) is 3.28. The normalized spacial score (nSPS) is 9.86. The molecule has 0 heterocycles. The predicted octanol–water partition coefficient (Wildman–Crippen LogP) is 3.91. The summed E-state index contributed by atoms with van der Waals surface area (Å²) in [5.74, 6) is -0.0363. The van der Waals surface area contributed by atoms with Crippen molar-refractivity contribution < 1.29 is 4.79 Å². The van der Waals surface area contributed by atoms with Gasteiger partial charge in [0.1, 0.15) is 6.07 Å². The van der Waals surface area contributed by atoms with Gasteiger partial charge in [-0.15, -0.1) is 0 Å². The van der Waals surface area contributed by atoms with E-state index in [4.69, 9.17) is 5.26 Å². The Morgan fingerprint density at radius 3 is 2.48 bits per heavy atom. The number of benzene rings is 2. The van der Waals surface area contributed by atoms with Gasteiger partial charge < -0.3 is 5.32 Å². The van der Waals surface area contributed by atoms with Gasteiger partial charge in [0, 0.05) is 6.42 Å². The van der Waals surface area contributed by atoms with Crippen LogP contribution in [-0.2, 0) is 11.2 Å². The van der Waals surface area contributed by atoms with Crippen LogP contribution in [0.25, 0.3) is 0 Å². The minimum atomic E-state index is -0.0363. The first kappa shape index (κ1) is 14.8. The summed E-state index contributed by atoms with van der Waals surface area (Å²) in [6.45, 7) is 0. The Morgan fingerprint density at radius 1 is 1.00 bits per heavy atom. The molecule has 0 aliphatic rings. The van der Waals surface area contributed by atoms with E-state index in [2.05, 4.69) is 23.5 Å². The average molecular weight is 278 g/mol. The molecule has 1 N–H and O–H groups in total. The maximum Gasteiger partial charge on any atom is 0.224 e. The SMILES string of the molecule is N#Cc1ccccc1NC(=O)CCCCc1ccccc1. The van der Waals surface area contributed by atoms with Crippen LogP contribution < -0.4 is 5.32 Å². The molecule has 2 rings (SSSR count). The van der Waals surface area contributed by atoms with Gasteiger partial charge in [0.25, 0.3) is 0 Å². The van der Waals surface area contributed by atoms with E-state index in [1.807, 2.05) is 24.3 Å². The Balaban J connectivity index is 1.74. The topological polar surface area (TPSA) is 52.9 Å². The highest BCUT2D eigenvalue weighted by Gasteiger charge is 2.05. The number of anilines is 1. The van der Waals surface area contributed by atoms with Gasteiger partial charge >= 0.3 is 0 Å². The smallest absolute Gasteiger partial charge is 0.224 e. The number of amides is 1. The Labute approximate surface area is 125 Å². The zero-order valence-electron chi connectivity index (χ0n) is 11.9. The van der Waals surface area contributed by atoms with Crippen LogP contribution in [0.4, 0.5) is 5.69 Å². The number of carbonyl (C=O) groups excluding carboxylic acids is 1. The summed E-state index contributed by atoms with van der Waals surface area (Å²) in [5.41, 5.74) is 2.39. The molecular formula is C18H18N2O. The molecule has 0 atom stereocenters. The van der Waals surface area contributed by atoms with Crippen LogP contribution in [0.2, 0.25) is 0 Å². The van der Waals surface area contributed by atoms with Crippen molar-refractivity contribution in [3.63, 3.8) is 0 Å². The lowest BCUT2D eigenvalue weighted by Gasteiger charge is -2.06. The molecule has 2 aromatic rings. The Bertz CT molecular complexity index is 629. The third kappa shape index (κ3) is 4.77. The number of carbonyl (C=O) groups is 1. The van der Waals surface area contributed by atoms with E-state index in [9.17, 15) is 4.79 Å². The second-order valence-electron chi connectivity index (χ2n) is 4.90. The second kappa shape index (κ2) is 7.86. The van der Waals surface area contributed by atoms with Gasteiger partial charge in [0.2, 0.25) is 5.91 Å². The van der Waals surface area contributed by atoms with Crippen molar-refractivity contribution >= 4 is 11.6 Å². The first-order valence-corrected chi connectivity index (χ1v) is 7.12. The third-order valence-corrected chi connectivity index (χ3v) is 3.28. The fourth-order valence-electron chi connectivity index (χ4n) is 2.16. The number of rotatable bonds is 6. The highest BCUT2D eigenvalue weighted by atomic mass is 16.1. The molecule has 3 heteroatoms. The molecule has 0 unspecified atom stereocenters. The summed E-state index contributed by atoms with van der Waals surface area (Å²) in [5, 5.41) is 11.8. The second-order valence-corrected chi connectivity index (χ2v) is 4.90. The van der Waals surface area contributed by atoms with E-state index < -0.39 is 0 Å². The molecule has 0 saturated heterocycles. The van der Waals surface area contributed by atoms with E-state index in [0.717, 1.165) is 19.3 Å². The fourth-order valence-corrected chi connectivity index (χ4v) is 2.16. The van der Waals surface area contributed by atoms with Gasteiger partial charge in [0.05, 0.1) is 11.3 Å². The average Bonchev–Trinajstić information content (AvgIpc) is 2.53. The van der Waals surface area contributed by atoms with E-state index in [1.165, 1.54) is 5.56 Å². The van der Waals surface area contributed by atoms with Crippen molar-refractivity contribution in [2.45, 2.75) is 25.7 Å². The van der Waals surface area contributed by atoms with Gasteiger partial charge in [-0.1, -0.05) is 42.5 Å². The number of nitriles is 1. The quantitative estimate of drug-likeness (QED) is 0.814. The summed E-state index contributed by atoms with van der Waals surface area (Å²) < 4.78 is 0. The summed E-state index contributed by atoms with van der Waals surface area (Å²) in [7, 11) is 0. The molecule has 0 saturated carbocycles. The lowest BCUT2D eigenvalue weighted by Crippen LogP contribution is -2.12. The van der Waals surface area contributed by atoms with Crippen molar-refractivity contribution in [3.05, 3.63) is 65.7 Å². The molecule has 0 aromatic heterocycles. The minimum Gasteiger partial charge on any atom is -0.325 e. The summed E-state index contributed by atoms with van der Waals surface area (Å²) in [6.07, 6.45) is 3.29. The highest BCUT2D eigenvalue weighted by Crippen LogP contribution is 2.14. The van der Waals surface area contributed by atoms with Crippen LogP contribution in [0.1, 0.15) is 30.4 Å². The summed E-state index contributed by atoms with van der Waals surface area (Å²) in [6, 6.07) is 19.4. The molecule has 1 amide bonds. The predicted molar refractivity (Wildman–Crippen MR) is 83.8 cm³/mol. The molecule has 0 aliphatic heterocycles. The van der Waals surface area contributed by atoms with Crippen LogP contribution in [0.3, 0.4) is 0 Å². The molecule has 0 spiro atoms. The molecule has 21 heavy (non-hydrogen) atoms. The molecule has 0 radical (unpaired) electrons. The van der Waals surface area contributed by atoms with Crippen LogP contribution in [-0.4, -0.2) is 5.91 Å². The van der Waals surface area contributed by atoms with Crippen LogP contribution in [0.5, 0.6) is 0 Å². The first-order chi connectivity index (χ1) is 10.3. The zero-order chi connectivity index (χ0) is 14.9. The Kier molecular flexibility index (Phi) is 5.54. The van der Waals surface area contributed by atoms with Gasteiger partial charge in [-0.05, 0) is 37.0 Å². The van der Waals surface area contributed by atoms with E-state index in [1.54, 1.807) is 18.2 Å². The highest BCUT2D eigenvalue weighted by molar-refractivity contribution is 5.92. The van der Waals surface area contributed by atoms with Gasteiger partial charge in [-0.3, -0.25) is 4.79 Å². The van der Waals surface area contributed by atoms with Crippen molar-refractivity contribution in [1.29, 1.82) is 5.26 Å². The lowest BCUT2D eigenvalue weighted by atomic mass is 10.1. The molecule has 0 aliphatic carbocycles. The number of unbranched alkanes of at least 4 members (excludes halogenated alkanes) is 1.